The summed E-state index contributed by atoms with van der Waals surface area (Å²) in [5.41, 5.74) is 0.136. The minimum Gasteiger partial charge on any atom is -0.478 e. The van der Waals surface area contributed by atoms with Crippen LogP contribution in [0, 0.1) is 3.70 Å². The molecule has 2 heterocycles. The van der Waals surface area contributed by atoms with E-state index in [4.69, 9.17) is 4.74 Å². The van der Waals surface area contributed by atoms with E-state index in [0.717, 1.165) is 0 Å². The molecule has 0 aromatic carbocycles. The molecule has 8 heteroatoms. The number of hydrogen-bond acceptors (Lipinski definition) is 4. The van der Waals surface area contributed by atoms with E-state index in [1.54, 1.807) is 25.5 Å². The van der Waals surface area contributed by atoms with Crippen LogP contribution < -0.4 is 0 Å². The fourth-order valence-corrected chi connectivity index (χ4v) is 2.78. The molecule has 0 bridgehead atoms. The Balaban J connectivity index is 2.22. The van der Waals surface area contributed by atoms with E-state index in [-0.39, 0.29) is 12.1 Å². The molecule has 1 aliphatic rings. The highest BCUT2D eigenvalue weighted by Gasteiger charge is 2.31. The van der Waals surface area contributed by atoms with Gasteiger partial charge in [-0.2, -0.15) is 5.10 Å². The van der Waals surface area contributed by atoms with Crippen molar-refractivity contribution in [2.75, 3.05) is 6.54 Å². The summed E-state index contributed by atoms with van der Waals surface area (Å²) in [5.74, 6) is -1.03. The van der Waals surface area contributed by atoms with E-state index in [1.807, 2.05) is 22.6 Å². The zero-order valence-electron chi connectivity index (χ0n) is 11.5. The smallest absolute Gasteiger partial charge is 0.410 e. The molecule has 1 amide bonds. The first kappa shape index (κ1) is 15.1. The van der Waals surface area contributed by atoms with Crippen molar-refractivity contribution in [1.29, 1.82) is 0 Å². The predicted molar refractivity (Wildman–Crippen MR) is 78.5 cm³/mol. The normalized spacial score (nSPS) is 14.9. The van der Waals surface area contributed by atoms with E-state index < -0.39 is 17.7 Å². The SMILES string of the molecule is CC(C)(C)OC(=O)N1CCn2nc(I)c(C(=O)O)c2C1. The van der Waals surface area contributed by atoms with Gasteiger partial charge in [-0.05, 0) is 43.4 Å². The minimum absolute atomic E-state index is 0.166. The van der Waals surface area contributed by atoms with E-state index in [9.17, 15) is 14.7 Å². The number of ether oxygens (including phenoxy) is 1. The number of hydrogen-bond donors (Lipinski definition) is 1. The van der Waals surface area contributed by atoms with Gasteiger partial charge < -0.3 is 14.7 Å². The number of nitrogens with zero attached hydrogens (tertiary/aromatic N) is 3. The van der Waals surface area contributed by atoms with Gasteiger partial charge in [0, 0.05) is 6.54 Å². The number of amides is 1. The monoisotopic (exact) mass is 393 g/mol. The van der Waals surface area contributed by atoms with Crippen LogP contribution >= 0.6 is 22.6 Å². The second-order valence-corrected chi connectivity index (χ2v) is 6.56. The number of fused-ring (bicyclic) bond motifs is 1. The molecule has 110 valence electrons. The van der Waals surface area contributed by atoms with Crippen molar-refractivity contribution in [3.63, 3.8) is 0 Å². The first-order valence-corrected chi connectivity index (χ1v) is 7.23. The van der Waals surface area contributed by atoms with Gasteiger partial charge in [0.25, 0.3) is 0 Å². The molecule has 0 radical (unpaired) electrons. The molecule has 0 spiro atoms. The molecule has 20 heavy (non-hydrogen) atoms. The fraction of sp³-hybridized carbons (Fsp3) is 0.583. The standard InChI is InChI=1S/C12H16IN3O4/c1-12(2,3)20-11(19)15-4-5-16-7(6-15)8(10(17)18)9(13)14-16/h4-6H2,1-3H3,(H,17,18). The zero-order chi connectivity index (χ0) is 15.1. The van der Waals surface area contributed by atoms with Gasteiger partial charge in [0.05, 0.1) is 18.8 Å². The molecule has 0 fully saturated rings. The molecule has 1 aromatic heterocycles. The third-order valence-corrected chi connectivity index (χ3v) is 3.56. The van der Waals surface area contributed by atoms with Crippen molar-refractivity contribution in [2.24, 2.45) is 0 Å². The highest BCUT2D eigenvalue weighted by atomic mass is 127. The number of carboxylic acid groups (broad SMARTS) is 1. The lowest BCUT2D eigenvalue weighted by Gasteiger charge is -2.30. The van der Waals surface area contributed by atoms with Crippen molar-refractivity contribution in [3.05, 3.63) is 15.0 Å². The molecule has 0 atom stereocenters. The maximum absolute atomic E-state index is 12.0. The lowest BCUT2D eigenvalue weighted by Crippen LogP contribution is -2.42. The number of aromatic carboxylic acids is 1. The van der Waals surface area contributed by atoms with Gasteiger partial charge in [0.2, 0.25) is 0 Å². The van der Waals surface area contributed by atoms with Crippen LogP contribution in [0.15, 0.2) is 0 Å². The zero-order valence-corrected chi connectivity index (χ0v) is 13.7. The number of carbonyl (C=O) groups is 2. The average Bonchev–Trinajstić information content (AvgIpc) is 2.61. The maximum atomic E-state index is 12.0. The third-order valence-electron chi connectivity index (χ3n) is 2.80. The van der Waals surface area contributed by atoms with Crippen molar-refractivity contribution in [3.8, 4) is 0 Å². The van der Waals surface area contributed by atoms with Gasteiger partial charge in [-0.3, -0.25) is 4.68 Å². The number of carboxylic acids is 1. The van der Waals surface area contributed by atoms with Crippen molar-refractivity contribution >= 4 is 34.7 Å². The Morgan fingerprint density at radius 1 is 1.35 bits per heavy atom. The van der Waals surface area contributed by atoms with Gasteiger partial charge >= 0.3 is 12.1 Å². The average molecular weight is 393 g/mol. The summed E-state index contributed by atoms with van der Waals surface area (Å²) in [6.45, 7) is 6.52. The summed E-state index contributed by atoms with van der Waals surface area (Å²) in [6, 6.07) is 0. The Bertz CT molecular complexity index is 562. The Morgan fingerprint density at radius 3 is 2.55 bits per heavy atom. The Morgan fingerprint density at radius 2 is 2.00 bits per heavy atom. The predicted octanol–water partition coefficient (Wildman–Crippen LogP) is 1.94. The lowest BCUT2D eigenvalue weighted by atomic mass is 10.2. The summed E-state index contributed by atoms with van der Waals surface area (Å²) in [4.78, 5) is 24.8. The van der Waals surface area contributed by atoms with Crippen LogP contribution in [-0.2, 0) is 17.8 Å². The molecule has 0 saturated heterocycles. The number of aromatic nitrogens is 2. The molecule has 0 unspecified atom stereocenters. The Hall–Kier alpha value is -1.32. The van der Waals surface area contributed by atoms with Crippen LogP contribution in [-0.4, -0.2) is 44.0 Å². The van der Waals surface area contributed by atoms with Crippen LogP contribution in [0.4, 0.5) is 4.79 Å². The summed E-state index contributed by atoms with van der Waals surface area (Å²) in [7, 11) is 0. The summed E-state index contributed by atoms with van der Waals surface area (Å²) in [5, 5.41) is 13.4. The third kappa shape index (κ3) is 3.05. The van der Waals surface area contributed by atoms with Gasteiger partial charge in [-0.25, -0.2) is 9.59 Å². The van der Waals surface area contributed by atoms with E-state index in [0.29, 0.717) is 22.5 Å². The van der Waals surface area contributed by atoms with E-state index >= 15 is 0 Å². The maximum Gasteiger partial charge on any atom is 0.410 e. The molecule has 1 aromatic rings. The Kier molecular flexibility index (Phi) is 3.94. The molecule has 1 aliphatic heterocycles. The molecule has 2 rings (SSSR count). The van der Waals surface area contributed by atoms with E-state index in [1.165, 1.54) is 4.90 Å². The minimum atomic E-state index is -1.03. The van der Waals surface area contributed by atoms with Crippen LogP contribution in [0.1, 0.15) is 36.8 Å². The first-order valence-electron chi connectivity index (χ1n) is 6.15. The number of rotatable bonds is 1. The number of halogens is 1. The molecule has 0 saturated carbocycles. The van der Waals surface area contributed by atoms with E-state index in [2.05, 4.69) is 5.10 Å². The van der Waals surface area contributed by atoms with Crippen LogP contribution in [0.25, 0.3) is 0 Å². The summed E-state index contributed by atoms with van der Waals surface area (Å²) >= 11 is 1.90. The molecule has 1 N–H and O–H groups in total. The largest absolute Gasteiger partial charge is 0.478 e. The van der Waals surface area contributed by atoms with Crippen molar-refractivity contribution in [1.82, 2.24) is 14.7 Å². The molecular weight excluding hydrogens is 377 g/mol. The van der Waals surface area contributed by atoms with Crippen LogP contribution in [0.5, 0.6) is 0 Å². The van der Waals surface area contributed by atoms with Gasteiger partial charge in [0.1, 0.15) is 14.9 Å². The summed E-state index contributed by atoms with van der Waals surface area (Å²) in [6.07, 6.45) is -0.434. The Labute approximate surface area is 130 Å². The number of carbonyl (C=O) groups excluding carboxylic acids is 1. The summed E-state index contributed by atoms with van der Waals surface area (Å²) < 4.78 is 7.39. The molecular formula is C12H16IN3O4. The first-order chi connectivity index (χ1) is 9.19. The van der Waals surface area contributed by atoms with Gasteiger partial charge in [-0.1, -0.05) is 0 Å². The van der Waals surface area contributed by atoms with Gasteiger partial charge in [0.15, 0.2) is 0 Å². The van der Waals surface area contributed by atoms with Gasteiger partial charge in [-0.15, -0.1) is 0 Å². The fourth-order valence-electron chi connectivity index (χ4n) is 1.98. The molecule has 7 nitrogen and oxygen atoms in total. The second-order valence-electron chi connectivity index (χ2n) is 5.54. The topological polar surface area (TPSA) is 84.7 Å². The highest BCUT2D eigenvalue weighted by molar-refractivity contribution is 14.1. The van der Waals surface area contributed by atoms with Crippen molar-refractivity contribution in [2.45, 2.75) is 39.5 Å². The molecule has 0 aliphatic carbocycles. The lowest BCUT2D eigenvalue weighted by molar-refractivity contribution is 0.0191. The van der Waals surface area contributed by atoms with Crippen LogP contribution in [0.3, 0.4) is 0 Å². The second kappa shape index (κ2) is 5.23. The quantitative estimate of drug-likeness (QED) is 0.738. The van der Waals surface area contributed by atoms with Crippen LogP contribution in [0.2, 0.25) is 0 Å². The highest BCUT2D eigenvalue weighted by Crippen LogP contribution is 2.23. The van der Waals surface area contributed by atoms with Crippen molar-refractivity contribution < 1.29 is 19.4 Å².